The Morgan fingerprint density at radius 3 is 2.22 bits per heavy atom. The third-order valence-corrected chi connectivity index (χ3v) is 5.71. The Balaban J connectivity index is 1.50. The lowest BCUT2D eigenvalue weighted by Crippen LogP contribution is -2.21. The van der Waals surface area contributed by atoms with Gasteiger partial charge in [-0.05, 0) is 36.4 Å². The predicted molar refractivity (Wildman–Crippen MR) is 135 cm³/mol. The molecule has 9 heteroatoms. The average Bonchev–Trinajstić information content (AvgIpc) is 3.32. The van der Waals surface area contributed by atoms with Crippen molar-refractivity contribution < 1.29 is 23.5 Å². The molecule has 1 aliphatic rings. The highest BCUT2D eigenvalue weighted by molar-refractivity contribution is 6.32. The number of aromatic nitrogens is 1. The maximum atomic E-state index is 13.9. The van der Waals surface area contributed by atoms with Crippen molar-refractivity contribution in [3.63, 3.8) is 0 Å². The lowest BCUT2D eigenvalue weighted by molar-refractivity contribution is 0.0960. The van der Waals surface area contributed by atoms with E-state index >= 15 is 0 Å². The molecule has 0 amide bonds. The monoisotopic (exact) mass is 498 g/mol. The fourth-order valence-corrected chi connectivity index (χ4v) is 3.94. The van der Waals surface area contributed by atoms with Gasteiger partial charge >= 0.3 is 0 Å². The second-order valence-corrected chi connectivity index (χ2v) is 8.28. The van der Waals surface area contributed by atoms with Crippen LogP contribution in [0.2, 0.25) is 0 Å². The molecule has 2 heterocycles. The van der Waals surface area contributed by atoms with Crippen LogP contribution in [0, 0.1) is 11.6 Å². The average molecular weight is 498 g/mol. The number of carbonyl (C=O) groups is 2. The van der Waals surface area contributed by atoms with Gasteiger partial charge in [0.05, 0.1) is 11.4 Å². The number of Topliss-reactive ketones (excluding diaryl/α,β-unsaturated/α-hetero) is 2. The maximum Gasteiger partial charge on any atom is 0.200 e. The van der Waals surface area contributed by atoms with Crippen molar-refractivity contribution in [2.24, 2.45) is 0 Å². The van der Waals surface area contributed by atoms with E-state index in [1.807, 2.05) is 0 Å². The molecule has 7 nitrogen and oxygen atoms in total. The number of nitrogens with one attached hydrogen (secondary N) is 3. The molecule has 3 aromatic carbocycles. The number of rotatable bonds is 7. The quantitative estimate of drug-likeness (QED) is 0.0904. The van der Waals surface area contributed by atoms with E-state index < -0.39 is 29.4 Å². The van der Waals surface area contributed by atoms with Gasteiger partial charge in [-0.25, -0.2) is 8.78 Å². The Morgan fingerprint density at radius 2 is 1.51 bits per heavy atom. The van der Waals surface area contributed by atoms with Gasteiger partial charge in [0, 0.05) is 40.8 Å². The maximum absolute atomic E-state index is 13.9. The van der Waals surface area contributed by atoms with Crippen LogP contribution in [-0.2, 0) is 0 Å². The van der Waals surface area contributed by atoms with Crippen molar-refractivity contribution in [2.45, 2.75) is 6.23 Å². The molecule has 0 radical (unpaired) electrons. The van der Waals surface area contributed by atoms with E-state index in [4.69, 9.17) is 0 Å². The Labute approximate surface area is 210 Å². The first kappa shape index (κ1) is 23.8. The van der Waals surface area contributed by atoms with E-state index in [0.717, 1.165) is 12.1 Å². The van der Waals surface area contributed by atoms with Crippen LogP contribution in [0.1, 0.15) is 32.5 Å². The van der Waals surface area contributed by atoms with Gasteiger partial charge in [0.2, 0.25) is 11.6 Å². The normalized spacial score (nSPS) is 14.1. The Morgan fingerprint density at radius 1 is 0.811 bits per heavy atom. The van der Waals surface area contributed by atoms with E-state index in [9.17, 15) is 23.5 Å². The lowest BCUT2D eigenvalue weighted by Gasteiger charge is -2.14. The van der Waals surface area contributed by atoms with Crippen LogP contribution in [0.3, 0.4) is 0 Å². The minimum Gasteiger partial charge on any atom is -0.369 e. The first-order chi connectivity index (χ1) is 17.9. The molecular weight excluding hydrogens is 478 g/mol. The number of carbonyl (C=O) groups excluding carboxylic acids is 2. The summed E-state index contributed by atoms with van der Waals surface area (Å²) in [7, 11) is 0. The summed E-state index contributed by atoms with van der Waals surface area (Å²) < 4.78 is 27.8. The molecule has 1 unspecified atom stereocenters. The van der Waals surface area contributed by atoms with Crippen molar-refractivity contribution >= 4 is 28.6 Å². The van der Waals surface area contributed by atoms with Crippen molar-refractivity contribution in [1.29, 1.82) is 0 Å². The summed E-state index contributed by atoms with van der Waals surface area (Å²) in [6, 6.07) is 19.1. The molecule has 0 aliphatic carbocycles. The molecule has 0 saturated carbocycles. The summed E-state index contributed by atoms with van der Waals surface area (Å²) >= 11 is 0. The van der Waals surface area contributed by atoms with Gasteiger partial charge in [0.25, 0.3) is 0 Å². The topological polar surface area (TPSA) is 103 Å². The molecule has 1 aliphatic heterocycles. The van der Waals surface area contributed by atoms with E-state index in [2.05, 4.69) is 20.9 Å². The molecular formula is C28H20F2N4O3. The number of allylic oxidation sites excluding steroid dienone is 1. The van der Waals surface area contributed by atoms with Crippen molar-refractivity contribution in [2.75, 3.05) is 16.0 Å². The summed E-state index contributed by atoms with van der Waals surface area (Å²) in [5.74, 6) is -3.26. The SMILES string of the molecule is O=C(C(C(=O)c1cc(F)cc(F)c1)=C1Nc2ccc(NC(O)c3cccnc3)cc2N1)c1ccccc1. The number of fused-ring (bicyclic) bond motifs is 1. The molecule has 4 N–H and O–H groups in total. The zero-order valence-corrected chi connectivity index (χ0v) is 19.2. The fourth-order valence-electron chi connectivity index (χ4n) is 3.94. The van der Waals surface area contributed by atoms with E-state index in [1.54, 1.807) is 66.9 Å². The highest BCUT2D eigenvalue weighted by Gasteiger charge is 2.30. The molecule has 184 valence electrons. The summed E-state index contributed by atoms with van der Waals surface area (Å²) in [4.78, 5) is 30.9. The summed E-state index contributed by atoms with van der Waals surface area (Å²) in [6.07, 6.45) is 2.12. The van der Waals surface area contributed by atoms with Crippen LogP contribution in [0.5, 0.6) is 0 Å². The number of hydrogen-bond donors (Lipinski definition) is 4. The standard InChI is InChI=1S/C28H20F2N4O3/c29-19-11-18(12-20(30)13-19)26(36)24(25(35)16-5-2-1-3-6-16)27-33-22-9-8-21(14-23(22)34-27)32-28(37)17-7-4-10-31-15-17/h1-15,28,32-34,37H. The highest BCUT2D eigenvalue weighted by Crippen LogP contribution is 2.36. The molecule has 5 rings (SSSR count). The number of pyridine rings is 1. The van der Waals surface area contributed by atoms with E-state index in [0.29, 0.717) is 28.7 Å². The van der Waals surface area contributed by atoms with Crippen molar-refractivity contribution in [3.05, 3.63) is 131 Å². The molecule has 0 saturated heterocycles. The fraction of sp³-hybridized carbons (Fsp3) is 0.0357. The minimum absolute atomic E-state index is 0.0727. The van der Waals surface area contributed by atoms with Crippen LogP contribution in [0.15, 0.2) is 103 Å². The molecule has 0 spiro atoms. The Kier molecular flexibility index (Phi) is 6.44. The van der Waals surface area contributed by atoms with Crippen molar-refractivity contribution in [3.8, 4) is 0 Å². The van der Waals surface area contributed by atoms with Crippen LogP contribution in [0.4, 0.5) is 25.8 Å². The van der Waals surface area contributed by atoms with E-state index in [1.165, 1.54) is 6.20 Å². The number of ketones is 2. The van der Waals surface area contributed by atoms with Gasteiger partial charge in [0.1, 0.15) is 23.0 Å². The third-order valence-electron chi connectivity index (χ3n) is 5.71. The molecule has 1 aromatic heterocycles. The van der Waals surface area contributed by atoms with Gasteiger partial charge < -0.3 is 21.1 Å². The van der Waals surface area contributed by atoms with Crippen molar-refractivity contribution in [1.82, 2.24) is 4.98 Å². The number of nitrogens with zero attached hydrogens (tertiary/aromatic N) is 1. The van der Waals surface area contributed by atoms with Gasteiger partial charge in [-0.1, -0.05) is 36.4 Å². The second kappa shape index (κ2) is 10.00. The van der Waals surface area contributed by atoms with E-state index in [-0.39, 0.29) is 22.5 Å². The predicted octanol–water partition coefficient (Wildman–Crippen LogP) is 5.28. The number of aliphatic hydroxyl groups excluding tert-OH is 1. The number of benzene rings is 3. The largest absolute Gasteiger partial charge is 0.369 e. The van der Waals surface area contributed by atoms with Gasteiger partial charge in [0.15, 0.2) is 6.23 Å². The van der Waals surface area contributed by atoms with Crippen LogP contribution >= 0.6 is 0 Å². The van der Waals surface area contributed by atoms with Gasteiger partial charge in [-0.3, -0.25) is 14.6 Å². The second-order valence-electron chi connectivity index (χ2n) is 8.28. The zero-order chi connectivity index (χ0) is 25.9. The Hall–Kier alpha value is -4.89. The number of hydrogen-bond acceptors (Lipinski definition) is 7. The minimum atomic E-state index is -1.02. The molecule has 0 fully saturated rings. The van der Waals surface area contributed by atoms with Gasteiger partial charge in [-0.15, -0.1) is 0 Å². The first-order valence-electron chi connectivity index (χ1n) is 11.3. The number of aliphatic hydroxyl groups is 1. The zero-order valence-electron chi connectivity index (χ0n) is 19.2. The summed E-state index contributed by atoms with van der Waals surface area (Å²) in [5, 5.41) is 19.5. The first-order valence-corrected chi connectivity index (χ1v) is 11.3. The summed E-state index contributed by atoms with van der Waals surface area (Å²) in [6.45, 7) is 0. The van der Waals surface area contributed by atoms with Crippen LogP contribution < -0.4 is 16.0 Å². The number of halogens is 2. The third kappa shape index (κ3) is 5.07. The molecule has 37 heavy (non-hydrogen) atoms. The molecule has 4 aromatic rings. The van der Waals surface area contributed by atoms with Crippen LogP contribution in [0.25, 0.3) is 0 Å². The Bertz CT molecular complexity index is 1510. The summed E-state index contributed by atoms with van der Waals surface area (Å²) in [5.41, 5.74) is 1.83. The molecule has 0 bridgehead atoms. The van der Waals surface area contributed by atoms with Gasteiger partial charge in [-0.2, -0.15) is 0 Å². The smallest absolute Gasteiger partial charge is 0.200 e. The van der Waals surface area contributed by atoms with Crippen LogP contribution in [-0.4, -0.2) is 21.7 Å². The molecule has 1 atom stereocenters. The lowest BCUT2D eigenvalue weighted by atomic mass is 9.95. The number of anilines is 3. The highest BCUT2D eigenvalue weighted by atomic mass is 19.1.